The summed E-state index contributed by atoms with van der Waals surface area (Å²) >= 11 is 0. The van der Waals surface area contributed by atoms with E-state index in [9.17, 15) is 4.79 Å². The zero-order chi connectivity index (χ0) is 12.4. The lowest BCUT2D eigenvalue weighted by atomic mass is 10.1. The summed E-state index contributed by atoms with van der Waals surface area (Å²) in [6.45, 7) is 5.94. The van der Waals surface area contributed by atoms with Gasteiger partial charge in [0.25, 0.3) is 0 Å². The summed E-state index contributed by atoms with van der Waals surface area (Å²) < 4.78 is 0. The zero-order valence-electron chi connectivity index (χ0n) is 11.3. The van der Waals surface area contributed by atoms with Crippen LogP contribution in [0.15, 0.2) is 0 Å². The van der Waals surface area contributed by atoms with Crippen LogP contribution in [0.25, 0.3) is 0 Å². The topological polar surface area (TPSA) is 35.6 Å². The van der Waals surface area contributed by atoms with Gasteiger partial charge in [0.05, 0.1) is 12.7 Å². The maximum Gasteiger partial charge on any atom is 0.240 e. The summed E-state index contributed by atoms with van der Waals surface area (Å²) in [5.74, 6) is 0.294. The third-order valence-corrected chi connectivity index (χ3v) is 4.02. The predicted octanol–water partition coefficient (Wildman–Crippen LogP) is 1.03. The molecule has 1 saturated heterocycles. The van der Waals surface area contributed by atoms with Crippen molar-refractivity contribution in [2.45, 2.75) is 57.7 Å². The van der Waals surface area contributed by atoms with Gasteiger partial charge in [-0.25, -0.2) is 0 Å². The Bertz CT molecular complexity index is 278. The first-order chi connectivity index (χ1) is 8.13. The number of hydrogen-bond acceptors (Lipinski definition) is 3. The number of carbonyl (C=O) groups is 1. The molecule has 17 heavy (non-hydrogen) atoms. The molecule has 1 heterocycles. The number of hydrogen-bond donors (Lipinski definition) is 1. The van der Waals surface area contributed by atoms with Crippen LogP contribution in [0.4, 0.5) is 0 Å². The highest BCUT2D eigenvalue weighted by Crippen LogP contribution is 2.27. The second-order valence-electron chi connectivity index (χ2n) is 5.51. The molecule has 4 nitrogen and oxygen atoms in total. The fourth-order valence-corrected chi connectivity index (χ4v) is 2.56. The summed E-state index contributed by atoms with van der Waals surface area (Å²) in [7, 11) is 2.18. The van der Waals surface area contributed by atoms with Crippen LogP contribution in [0.3, 0.4) is 0 Å². The van der Waals surface area contributed by atoms with Crippen molar-refractivity contribution in [1.29, 1.82) is 0 Å². The number of nitrogens with zero attached hydrogens (tertiary/aromatic N) is 2. The summed E-state index contributed by atoms with van der Waals surface area (Å²) in [6, 6.07) is 1.30. The van der Waals surface area contributed by atoms with E-state index in [0.29, 0.717) is 11.9 Å². The SMILES string of the molecule is CCCC1NCN(CC(C)N(C)C2CC2)C1=O. The van der Waals surface area contributed by atoms with Gasteiger partial charge in [-0.1, -0.05) is 13.3 Å². The molecule has 0 aromatic heterocycles. The van der Waals surface area contributed by atoms with E-state index in [2.05, 4.69) is 31.1 Å². The normalized spacial score (nSPS) is 26.9. The Hall–Kier alpha value is -0.610. The van der Waals surface area contributed by atoms with E-state index in [1.165, 1.54) is 12.8 Å². The average molecular weight is 239 g/mol. The number of carbonyl (C=O) groups excluding carboxylic acids is 1. The highest BCUT2D eigenvalue weighted by Gasteiger charge is 2.34. The molecule has 0 aromatic carbocycles. The Morgan fingerprint density at radius 2 is 2.24 bits per heavy atom. The molecule has 4 heteroatoms. The van der Waals surface area contributed by atoms with Gasteiger partial charge >= 0.3 is 0 Å². The number of rotatable bonds is 6. The van der Waals surface area contributed by atoms with Gasteiger partial charge in [-0.15, -0.1) is 0 Å². The number of amides is 1. The van der Waals surface area contributed by atoms with Gasteiger partial charge in [0.2, 0.25) is 5.91 Å². The van der Waals surface area contributed by atoms with Crippen molar-refractivity contribution >= 4 is 5.91 Å². The Balaban J connectivity index is 1.80. The Morgan fingerprint density at radius 3 is 2.82 bits per heavy atom. The highest BCUT2D eigenvalue weighted by atomic mass is 16.2. The van der Waals surface area contributed by atoms with Gasteiger partial charge < -0.3 is 4.90 Å². The lowest BCUT2D eigenvalue weighted by Crippen LogP contribution is -2.42. The van der Waals surface area contributed by atoms with Gasteiger partial charge in [0.1, 0.15) is 0 Å². The van der Waals surface area contributed by atoms with E-state index < -0.39 is 0 Å². The summed E-state index contributed by atoms with van der Waals surface area (Å²) in [5.41, 5.74) is 0. The molecule has 2 aliphatic rings. The van der Waals surface area contributed by atoms with Crippen LogP contribution in [-0.2, 0) is 4.79 Å². The first kappa shape index (κ1) is 12.8. The fourth-order valence-electron chi connectivity index (χ4n) is 2.56. The van der Waals surface area contributed by atoms with Crippen LogP contribution >= 0.6 is 0 Å². The van der Waals surface area contributed by atoms with Crippen LogP contribution in [0.2, 0.25) is 0 Å². The monoisotopic (exact) mass is 239 g/mol. The van der Waals surface area contributed by atoms with E-state index in [1.807, 2.05) is 4.90 Å². The summed E-state index contributed by atoms with van der Waals surface area (Å²) in [5, 5.41) is 3.30. The van der Waals surface area contributed by atoms with Crippen molar-refractivity contribution in [3.63, 3.8) is 0 Å². The minimum absolute atomic E-state index is 0.0680. The second-order valence-corrected chi connectivity index (χ2v) is 5.51. The first-order valence-corrected chi connectivity index (χ1v) is 6.87. The van der Waals surface area contributed by atoms with Crippen LogP contribution in [0.5, 0.6) is 0 Å². The third-order valence-electron chi connectivity index (χ3n) is 4.02. The standard InChI is InChI=1S/C13H25N3O/c1-4-5-12-13(17)16(9-14-12)8-10(2)15(3)11-6-7-11/h10-12,14H,4-9H2,1-3H3. The molecule has 0 bridgehead atoms. The summed E-state index contributed by atoms with van der Waals surface area (Å²) in [6.07, 6.45) is 4.67. The van der Waals surface area contributed by atoms with E-state index >= 15 is 0 Å². The lowest BCUT2D eigenvalue weighted by molar-refractivity contribution is -0.129. The molecule has 1 aliphatic carbocycles. The molecule has 2 atom stereocenters. The van der Waals surface area contributed by atoms with Crippen LogP contribution in [-0.4, -0.2) is 54.1 Å². The quantitative estimate of drug-likeness (QED) is 0.752. The summed E-state index contributed by atoms with van der Waals surface area (Å²) in [4.78, 5) is 16.5. The van der Waals surface area contributed by atoms with Gasteiger partial charge in [0, 0.05) is 18.6 Å². The van der Waals surface area contributed by atoms with Crippen LogP contribution < -0.4 is 5.32 Å². The van der Waals surface area contributed by atoms with Gasteiger partial charge in [-0.2, -0.15) is 0 Å². The molecule has 98 valence electrons. The second kappa shape index (κ2) is 5.36. The van der Waals surface area contributed by atoms with Crippen molar-refractivity contribution in [2.24, 2.45) is 0 Å². The molecule has 0 aromatic rings. The third kappa shape index (κ3) is 2.99. The molecular formula is C13H25N3O. The largest absolute Gasteiger partial charge is 0.327 e. The highest BCUT2D eigenvalue weighted by molar-refractivity contribution is 5.83. The van der Waals surface area contributed by atoms with Crippen LogP contribution in [0, 0.1) is 0 Å². The molecule has 1 N–H and O–H groups in total. The van der Waals surface area contributed by atoms with Gasteiger partial charge in [0.15, 0.2) is 0 Å². The Morgan fingerprint density at radius 1 is 1.53 bits per heavy atom. The van der Waals surface area contributed by atoms with Crippen molar-refractivity contribution in [3.05, 3.63) is 0 Å². The first-order valence-electron chi connectivity index (χ1n) is 6.87. The molecule has 0 radical (unpaired) electrons. The molecule has 2 unspecified atom stereocenters. The molecule has 1 aliphatic heterocycles. The Labute approximate surface area is 104 Å². The minimum Gasteiger partial charge on any atom is -0.327 e. The maximum absolute atomic E-state index is 12.1. The van der Waals surface area contributed by atoms with E-state index in [-0.39, 0.29) is 6.04 Å². The number of likely N-dealkylation sites (N-methyl/N-ethyl adjacent to an activating group) is 1. The smallest absolute Gasteiger partial charge is 0.240 e. The van der Waals surface area contributed by atoms with Gasteiger partial charge in [-0.05, 0) is 33.2 Å². The van der Waals surface area contributed by atoms with Crippen molar-refractivity contribution in [2.75, 3.05) is 20.3 Å². The minimum atomic E-state index is 0.0680. The maximum atomic E-state index is 12.1. The molecule has 2 rings (SSSR count). The molecule has 2 fully saturated rings. The Kier molecular flexibility index (Phi) is 4.05. The van der Waals surface area contributed by atoms with E-state index in [4.69, 9.17) is 0 Å². The van der Waals surface area contributed by atoms with E-state index in [1.54, 1.807) is 0 Å². The lowest BCUT2D eigenvalue weighted by Gasteiger charge is -2.28. The zero-order valence-corrected chi connectivity index (χ0v) is 11.3. The van der Waals surface area contributed by atoms with Crippen LogP contribution in [0.1, 0.15) is 39.5 Å². The molecule has 1 saturated carbocycles. The van der Waals surface area contributed by atoms with E-state index in [0.717, 1.165) is 32.1 Å². The number of nitrogens with one attached hydrogen (secondary N) is 1. The van der Waals surface area contributed by atoms with Gasteiger partial charge in [-0.3, -0.25) is 15.0 Å². The van der Waals surface area contributed by atoms with Crippen molar-refractivity contribution in [1.82, 2.24) is 15.1 Å². The van der Waals surface area contributed by atoms with Crippen molar-refractivity contribution < 1.29 is 4.79 Å². The molecule has 1 amide bonds. The predicted molar refractivity (Wildman–Crippen MR) is 68.7 cm³/mol. The van der Waals surface area contributed by atoms with Crippen molar-refractivity contribution in [3.8, 4) is 0 Å². The molecular weight excluding hydrogens is 214 g/mol. The fraction of sp³-hybridized carbons (Fsp3) is 0.923. The molecule has 0 spiro atoms. The average Bonchev–Trinajstić information content (AvgIpc) is 3.10.